The van der Waals surface area contributed by atoms with Crippen molar-refractivity contribution in [2.75, 3.05) is 6.61 Å². The average molecular weight is 352 g/mol. The van der Waals surface area contributed by atoms with Crippen LogP contribution in [0, 0.1) is 0 Å². The number of piperidine rings is 1. The molecule has 1 unspecified atom stereocenters. The summed E-state index contributed by atoms with van der Waals surface area (Å²) in [6.45, 7) is 8.60. The average Bonchev–Trinajstić information content (AvgIpc) is 2.58. The molecule has 0 saturated carbocycles. The molecule has 0 aliphatic carbocycles. The topological polar surface area (TPSA) is 84.5 Å². The first-order valence-electron chi connectivity index (χ1n) is 8.87. The van der Waals surface area contributed by atoms with Crippen LogP contribution in [-0.4, -0.2) is 30.4 Å². The zero-order valence-corrected chi connectivity index (χ0v) is 15.5. The van der Waals surface area contributed by atoms with Crippen molar-refractivity contribution in [2.45, 2.75) is 59.4 Å². The van der Waals surface area contributed by atoms with E-state index in [1.54, 1.807) is 12.1 Å². The molecule has 0 radical (unpaired) electrons. The first-order valence-corrected chi connectivity index (χ1v) is 8.87. The highest BCUT2D eigenvalue weighted by Gasteiger charge is 2.28. The van der Waals surface area contributed by atoms with E-state index in [-0.39, 0.29) is 21.1 Å². The van der Waals surface area contributed by atoms with Crippen LogP contribution in [0.5, 0.6) is 5.75 Å². The minimum atomic E-state index is -0.675. The van der Waals surface area contributed by atoms with Crippen LogP contribution >= 0.6 is 0 Å². The van der Waals surface area contributed by atoms with Gasteiger partial charge in [-0.05, 0) is 31.9 Å². The molecule has 0 spiro atoms. The van der Waals surface area contributed by atoms with Gasteiger partial charge in [-0.25, -0.2) is 0 Å². The highest BCUT2D eigenvalue weighted by Crippen LogP contribution is 2.23. The van der Waals surface area contributed by atoms with Crippen molar-refractivity contribution in [3.8, 4) is 5.75 Å². The Labute approximate surface area is 152 Å². The molecule has 2 N–H and O–H groups in total. The van der Waals surface area contributed by atoms with Crippen LogP contribution in [0.25, 0.3) is 0 Å². The molecule has 1 aromatic carbocycles. The fourth-order valence-electron chi connectivity index (χ4n) is 2.50. The number of carbonyl (C=O) groups is 3. The highest BCUT2D eigenvalue weighted by molar-refractivity contribution is 6.04. The second-order valence-corrected chi connectivity index (χ2v) is 5.75. The number of amides is 3. The zero-order chi connectivity index (χ0) is 18.8. The lowest BCUT2D eigenvalue weighted by atomic mass is 10.0. The van der Waals surface area contributed by atoms with Gasteiger partial charge in [0, 0.05) is 20.4 Å². The monoisotopic (exact) mass is 352 g/mol. The van der Waals surface area contributed by atoms with Gasteiger partial charge in [0.25, 0.3) is 5.91 Å². The number of rotatable bonds is 5. The quantitative estimate of drug-likeness (QED) is 0.798. The maximum atomic E-state index is 12.4. The molecule has 6 heteroatoms. The van der Waals surface area contributed by atoms with E-state index in [1.807, 2.05) is 19.9 Å². The molecule has 1 aromatic rings. The zero-order valence-electron chi connectivity index (χ0n) is 15.5. The molecule has 1 fully saturated rings. The van der Waals surface area contributed by atoms with E-state index in [4.69, 9.17) is 4.74 Å². The predicted octanol–water partition coefficient (Wildman–Crippen LogP) is 3.09. The van der Waals surface area contributed by atoms with Crippen molar-refractivity contribution in [1.82, 2.24) is 10.6 Å². The van der Waals surface area contributed by atoms with Gasteiger partial charge < -0.3 is 10.1 Å². The first kappa shape index (κ1) is 20.7. The van der Waals surface area contributed by atoms with Crippen LogP contribution in [0.4, 0.5) is 0 Å². The van der Waals surface area contributed by atoms with E-state index in [9.17, 15) is 14.4 Å². The summed E-state index contributed by atoms with van der Waals surface area (Å²) < 4.78 is 5.54. The third kappa shape index (κ3) is 5.89. The maximum absolute atomic E-state index is 12.4. The molecule has 0 aromatic heterocycles. The molecule has 1 saturated heterocycles. The summed E-state index contributed by atoms with van der Waals surface area (Å²) in [6, 6.07) is 4.61. The van der Waals surface area contributed by atoms with E-state index < -0.39 is 11.9 Å². The van der Waals surface area contributed by atoms with Crippen molar-refractivity contribution >= 4 is 17.7 Å². The molecular weight excluding hydrogens is 320 g/mol. The summed E-state index contributed by atoms with van der Waals surface area (Å²) in [5.74, 6) is -0.402. The lowest BCUT2D eigenvalue weighted by Gasteiger charge is -2.22. The molecule has 0 bridgehead atoms. The minimum Gasteiger partial charge on any atom is -0.494 e. The number of benzene rings is 1. The Morgan fingerprint density at radius 1 is 1.28 bits per heavy atom. The number of hydrogen-bond acceptors (Lipinski definition) is 4. The Balaban J connectivity index is 0. The lowest BCUT2D eigenvalue weighted by Crippen LogP contribution is -2.52. The fourth-order valence-corrected chi connectivity index (χ4v) is 2.50. The van der Waals surface area contributed by atoms with E-state index in [1.165, 1.54) is 6.42 Å². The SMILES string of the molecule is CCC.CCOc1cccc(C(=O)NC2CCC(=O)NC2=O)c1CC.[HH].[HH]. The molecular formula is C19H32N2O4. The summed E-state index contributed by atoms with van der Waals surface area (Å²) >= 11 is 0. The Hall–Kier alpha value is -2.37. The van der Waals surface area contributed by atoms with Gasteiger partial charge in [0.05, 0.1) is 6.61 Å². The van der Waals surface area contributed by atoms with Gasteiger partial charge in [-0.3, -0.25) is 19.7 Å². The van der Waals surface area contributed by atoms with E-state index >= 15 is 0 Å². The predicted molar refractivity (Wildman–Crippen MR) is 101 cm³/mol. The summed E-state index contributed by atoms with van der Waals surface area (Å²) in [7, 11) is 0. The van der Waals surface area contributed by atoms with Gasteiger partial charge in [-0.1, -0.05) is 33.3 Å². The minimum absolute atomic E-state index is 0. The molecule has 2 rings (SSSR count). The number of nitrogens with one attached hydrogen (secondary N) is 2. The Morgan fingerprint density at radius 3 is 2.52 bits per heavy atom. The smallest absolute Gasteiger partial charge is 0.252 e. The van der Waals surface area contributed by atoms with E-state index in [2.05, 4.69) is 24.5 Å². The van der Waals surface area contributed by atoms with Gasteiger partial charge in [0.15, 0.2) is 0 Å². The second-order valence-electron chi connectivity index (χ2n) is 5.75. The lowest BCUT2D eigenvalue weighted by molar-refractivity contribution is -0.134. The second kappa shape index (κ2) is 10.5. The number of hydrogen-bond donors (Lipinski definition) is 2. The van der Waals surface area contributed by atoms with Crippen molar-refractivity contribution in [2.24, 2.45) is 0 Å². The Morgan fingerprint density at radius 2 is 1.96 bits per heavy atom. The molecule has 6 nitrogen and oxygen atoms in total. The van der Waals surface area contributed by atoms with Crippen LogP contribution < -0.4 is 15.4 Å². The molecule has 25 heavy (non-hydrogen) atoms. The normalized spacial score (nSPS) is 16.4. The third-order valence-electron chi connectivity index (χ3n) is 3.58. The van der Waals surface area contributed by atoms with E-state index in [0.717, 1.165) is 5.56 Å². The molecule has 1 heterocycles. The Bertz CT molecular complexity index is 624. The van der Waals surface area contributed by atoms with Crippen molar-refractivity contribution < 1.29 is 22.0 Å². The standard InChI is InChI=1S/C16H20N2O4.C3H8.2H2/c1-3-10-11(6-5-7-13(10)22-4-2)15(20)17-12-8-9-14(19)18-16(12)21;1-3-2;;/h5-7,12H,3-4,8-9H2,1-2H3,(H,17,20)(H,18,19,21);3H2,1-2H3;2*1H. The van der Waals surface area contributed by atoms with Crippen LogP contribution in [-0.2, 0) is 16.0 Å². The number of ether oxygens (including phenoxy) is 1. The van der Waals surface area contributed by atoms with Gasteiger partial charge in [0.2, 0.25) is 11.8 Å². The molecule has 3 amide bonds. The van der Waals surface area contributed by atoms with Gasteiger partial charge in [-0.2, -0.15) is 0 Å². The largest absolute Gasteiger partial charge is 0.494 e. The van der Waals surface area contributed by atoms with Crippen LogP contribution in [0.3, 0.4) is 0 Å². The molecule has 1 aliphatic rings. The van der Waals surface area contributed by atoms with Crippen molar-refractivity contribution in [1.29, 1.82) is 0 Å². The molecule has 1 aliphatic heterocycles. The maximum Gasteiger partial charge on any atom is 0.252 e. The van der Waals surface area contributed by atoms with Gasteiger partial charge in [-0.15, -0.1) is 0 Å². The summed E-state index contributed by atoms with van der Waals surface area (Å²) in [6.07, 6.45) is 2.45. The van der Waals surface area contributed by atoms with Crippen molar-refractivity contribution in [3.05, 3.63) is 29.3 Å². The summed E-state index contributed by atoms with van der Waals surface area (Å²) in [4.78, 5) is 35.3. The van der Waals surface area contributed by atoms with Crippen LogP contribution in [0.2, 0.25) is 0 Å². The number of imide groups is 1. The molecule has 142 valence electrons. The molecule has 1 atom stereocenters. The van der Waals surface area contributed by atoms with Crippen LogP contribution in [0.1, 0.15) is 65.7 Å². The van der Waals surface area contributed by atoms with Crippen LogP contribution in [0.15, 0.2) is 18.2 Å². The number of carbonyl (C=O) groups excluding carboxylic acids is 3. The van der Waals surface area contributed by atoms with Crippen molar-refractivity contribution in [3.63, 3.8) is 0 Å². The van der Waals surface area contributed by atoms with Gasteiger partial charge in [0.1, 0.15) is 11.8 Å². The summed E-state index contributed by atoms with van der Waals surface area (Å²) in [5, 5.41) is 4.92. The van der Waals surface area contributed by atoms with Gasteiger partial charge >= 0.3 is 0 Å². The third-order valence-corrected chi connectivity index (χ3v) is 3.58. The fraction of sp³-hybridized carbons (Fsp3) is 0.526. The van der Waals surface area contributed by atoms with E-state index in [0.29, 0.717) is 30.8 Å². The summed E-state index contributed by atoms with van der Waals surface area (Å²) in [5.41, 5.74) is 1.31. The highest BCUT2D eigenvalue weighted by atomic mass is 16.5. The first-order chi connectivity index (χ1) is 12.0. The Kier molecular flexibility index (Phi) is 8.67.